The molecule has 0 saturated carbocycles. The molecule has 0 aliphatic carbocycles. The predicted octanol–water partition coefficient (Wildman–Crippen LogP) is 2.27. The van der Waals surface area contributed by atoms with Crippen LogP contribution in [-0.2, 0) is 13.1 Å². The highest BCUT2D eigenvalue weighted by molar-refractivity contribution is 5.24. The van der Waals surface area contributed by atoms with Crippen molar-refractivity contribution in [3.05, 3.63) is 53.1 Å². The second-order valence-corrected chi connectivity index (χ2v) is 4.39. The van der Waals surface area contributed by atoms with Gasteiger partial charge in [0, 0.05) is 18.8 Å². The first-order valence-electron chi connectivity index (χ1n) is 5.91. The molecule has 1 heterocycles. The average Bonchev–Trinajstić information content (AvgIpc) is 2.62. The number of rotatable bonds is 4. The van der Waals surface area contributed by atoms with E-state index in [2.05, 4.69) is 46.1 Å². The van der Waals surface area contributed by atoms with Crippen molar-refractivity contribution in [2.45, 2.75) is 26.9 Å². The van der Waals surface area contributed by atoms with Gasteiger partial charge in [-0.2, -0.15) is 0 Å². The molecule has 0 bridgehead atoms. The summed E-state index contributed by atoms with van der Waals surface area (Å²) in [5, 5.41) is 3.17. The fourth-order valence-electron chi connectivity index (χ4n) is 1.94. The molecule has 3 nitrogen and oxygen atoms in total. The van der Waals surface area contributed by atoms with Gasteiger partial charge in [0.05, 0.1) is 12.0 Å². The number of aryl methyl sites for hydroxylation is 1. The van der Waals surface area contributed by atoms with Crippen molar-refractivity contribution in [3.8, 4) is 0 Å². The van der Waals surface area contributed by atoms with Gasteiger partial charge in [-0.1, -0.05) is 24.3 Å². The lowest BCUT2D eigenvalue weighted by molar-refractivity contribution is 0.762. The number of imidazole rings is 1. The summed E-state index contributed by atoms with van der Waals surface area (Å²) in [5.74, 6) is 0. The van der Waals surface area contributed by atoms with Crippen LogP contribution in [0, 0.1) is 13.8 Å². The molecule has 0 atom stereocenters. The average molecular weight is 229 g/mol. The quantitative estimate of drug-likeness (QED) is 0.871. The molecule has 0 unspecified atom stereocenters. The van der Waals surface area contributed by atoms with Crippen LogP contribution in [0.4, 0.5) is 0 Å². The van der Waals surface area contributed by atoms with E-state index in [1.807, 2.05) is 20.3 Å². The summed E-state index contributed by atoms with van der Waals surface area (Å²) in [4.78, 5) is 4.32. The van der Waals surface area contributed by atoms with Gasteiger partial charge in [0.15, 0.2) is 0 Å². The van der Waals surface area contributed by atoms with Crippen LogP contribution in [0.3, 0.4) is 0 Å². The van der Waals surface area contributed by atoms with E-state index in [0.29, 0.717) is 0 Å². The molecule has 2 rings (SSSR count). The van der Waals surface area contributed by atoms with Crippen molar-refractivity contribution in [3.63, 3.8) is 0 Å². The van der Waals surface area contributed by atoms with Gasteiger partial charge in [0.25, 0.3) is 0 Å². The van der Waals surface area contributed by atoms with Crippen molar-refractivity contribution in [2.24, 2.45) is 0 Å². The first kappa shape index (κ1) is 11.9. The Balaban J connectivity index is 2.18. The molecule has 1 N–H and O–H groups in total. The number of hydrogen-bond donors (Lipinski definition) is 1. The first-order valence-corrected chi connectivity index (χ1v) is 5.91. The van der Waals surface area contributed by atoms with E-state index in [0.717, 1.165) is 18.8 Å². The zero-order valence-corrected chi connectivity index (χ0v) is 10.7. The smallest absolute Gasteiger partial charge is 0.0954 e. The van der Waals surface area contributed by atoms with E-state index in [1.165, 1.54) is 16.8 Å². The summed E-state index contributed by atoms with van der Waals surface area (Å²) in [5.41, 5.74) is 4.98. The molecule has 0 fully saturated rings. The summed E-state index contributed by atoms with van der Waals surface area (Å²) in [6.07, 6.45) is 1.91. The van der Waals surface area contributed by atoms with Crippen LogP contribution in [0.15, 0.2) is 30.6 Å². The summed E-state index contributed by atoms with van der Waals surface area (Å²) >= 11 is 0. The van der Waals surface area contributed by atoms with Gasteiger partial charge in [0.2, 0.25) is 0 Å². The van der Waals surface area contributed by atoms with Gasteiger partial charge >= 0.3 is 0 Å². The van der Waals surface area contributed by atoms with E-state index in [-0.39, 0.29) is 0 Å². The molecule has 17 heavy (non-hydrogen) atoms. The molecular formula is C14H19N3. The minimum atomic E-state index is 0.893. The van der Waals surface area contributed by atoms with Gasteiger partial charge in [-0.3, -0.25) is 0 Å². The summed E-state index contributed by atoms with van der Waals surface area (Å²) < 4.78 is 2.19. The molecule has 0 saturated heterocycles. The fourth-order valence-corrected chi connectivity index (χ4v) is 1.94. The molecule has 0 amide bonds. The van der Waals surface area contributed by atoms with E-state index in [4.69, 9.17) is 0 Å². The Morgan fingerprint density at radius 3 is 2.65 bits per heavy atom. The van der Waals surface area contributed by atoms with E-state index in [9.17, 15) is 0 Å². The topological polar surface area (TPSA) is 29.9 Å². The Kier molecular flexibility index (Phi) is 3.59. The third-order valence-corrected chi connectivity index (χ3v) is 3.07. The molecule has 3 heteroatoms. The third-order valence-electron chi connectivity index (χ3n) is 3.07. The normalized spacial score (nSPS) is 10.8. The van der Waals surface area contributed by atoms with E-state index in [1.54, 1.807) is 0 Å². The molecule has 2 aromatic rings. The molecule has 1 aromatic heterocycles. The highest BCUT2D eigenvalue weighted by Crippen LogP contribution is 2.10. The summed E-state index contributed by atoms with van der Waals surface area (Å²) in [6, 6.07) is 8.66. The van der Waals surface area contributed by atoms with Crippen LogP contribution >= 0.6 is 0 Å². The monoisotopic (exact) mass is 229 g/mol. The number of nitrogens with one attached hydrogen (secondary N) is 1. The van der Waals surface area contributed by atoms with E-state index < -0.39 is 0 Å². The molecule has 0 radical (unpaired) electrons. The number of aromatic nitrogens is 2. The van der Waals surface area contributed by atoms with Gasteiger partial charge in [0.1, 0.15) is 0 Å². The Hall–Kier alpha value is -1.61. The van der Waals surface area contributed by atoms with Gasteiger partial charge < -0.3 is 9.88 Å². The van der Waals surface area contributed by atoms with Crippen LogP contribution in [0.25, 0.3) is 0 Å². The molecule has 0 spiro atoms. The van der Waals surface area contributed by atoms with E-state index >= 15 is 0 Å². The second kappa shape index (κ2) is 5.15. The number of benzene rings is 1. The van der Waals surface area contributed by atoms with Crippen LogP contribution in [-0.4, -0.2) is 16.6 Å². The standard InChI is InChI=1S/C14H19N3/c1-11-12(2)17(10-16-11)9-14-6-4-5-13(7-14)8-15-3/h4-7,10,15H,8-9H2,1-3H3. The maximum Gasteiger partial charge on any atom is 0.0954 e. The van der Waals surface area contributed by atoms with Crippen LogP contribution in [0.2, 0.25) is 0 Å². The lowest BCUT2D eigenvalue weighted by Crippen LogP contribution is -2.06. The van der Waals surface area contributed by atoms with Gasteiger partial charge in [-0.15, -0.1) is 0 Å². The Morgan fingerprint density at radius 2 is 2.00 bits per heavy atom. The van der Waals surface area contributed by atoms with Crippen LogP contribution in [0.5, 0.6) is 0 Å². The maximum absolute atomic E-state index is 4.32. The highest BCUT2D eigenvalue weighted by Gasteiger charge is 2.03. The summed E-state index contributed by atoms with van der Waals surface area (Å²) in [6.45, 7) is 5.96. The Morgan fingerprint density at radius 1 is 1.24 bits per heavy atom. The van der Waals surface area contributed by atoms with Gasteiger partial charge in [-0.05, 0) is 32.0 Å². The minimum Gasteiger partial charge on any atom is -0.330 e. The predicted molar refractivity (Wildman–Crippen MR) is 70.0 cm³/mol. The minimum absolute atomic E-state index is 0.893. The third kappa shape index (κ3) is 2.74. The van der Waals surface area contributed by atoms with Crippen molar-refractivity contribution in [2.75, 3.05) is 7.05 Å². The van der Waals surface area contributed by atoms with Crippen molar-refractivity contribution < 1.29 is 0 Å². The van der Waals surface area contributed by atoms with Crippen molar-refractivity contribution >= 4 is 0 Å². The van der Waals surface area contributed by atoms with Crippen molar-refractivity contribution in [1.29, 1.82) is 0 Å². The zero-order valence-electron chi connectivity index (χ0n) is 10.7. The number of hydrogen-bond acceptors (Lipinski definition) is 2. The zero-order chi connectivity index (χ0) is 12.3. The SMILES string of the molecule is CNCc1cccc(Cn2cnc(C)c2C)c1. The lowest BCUT2D eigenvalue weighted by Gasteiger charge is -2.07. The van der Waals surface area contributed by atoms with Crippen LogP contribution < -0.4 is 5.32 Å². The molecule has 90 valence electrons. The highest BCUT2D eigenvalue weighted by atomic mass is 15.0. The first-order chi connectivity index (χ1) is 8.20. The number of nitrogens with zero attached hydrogens (tertiary/aromatic N) is 2. The van der Waals surface area contributed by atoms with Crippen LogP contribution in [0.1, 0.15) is 22.5 Å². The Labute approximate surface area is 103 Å². The molecule has 1 aromatic carbocycles. The van der Waals surface area contributed by atoms with Crippen molar-refractivity contribution in [1.82, 2.24) is 14.9 Å². The molecule has 0 aliphatic rings. The fraction of sp³-hybridized carbons (Fsp3) is 0.357. The second-order valence-electron chi connectivity index (χ2n) is 4.39. The Bertz CT molecular complexity index is 500. The molecular weight excluding hydrogens is 210 g/mol. The lowest BCUT2D eigenvalue weighted by atomic mass is 10.1. The van der Waals surface area contributed by atoms with Gasteiger partial charge in [-0.25, -0.2) is 4.98 Å². The maximum atomic E-state index is 4.32. The summed E-state index contributed by atoms with van der Waals surface area (Å²) in [7, 11) is 1.97. The molecule has 0 aliphatic heterocycles. The largest absolute Gasteiger partial charge is 0.330 e.